The average Bonchev–Trinajstić information content (AvgIpc) is 3.76. The topological polar surface area (TPSA) is 8.17 Å². The molecule has 2 heteroatoms. The van der Waals surface area contributed by atoms with Crippen LogP contribution < -0.4 is 4.90 Å². The normalized spacial score (nSPS) is 12.7. The zero-order valence-corrected chi connectivity index (χ0v) is 33.2. The Kier molecular flexibility index (Phi) is 8.20. The molecule has 1 aromatic heterocycles. The van der Waals surface area contributed by atoms with Crippen molar-refractivity contribution in [3.63, 3.8) is 0 Å². The third-order valence-electron chi connectivity index (χ3n) is 12.4. The van der Waals surface area contributed by atoms with E-state index in [0.717, 1.165) is 17.1 Å². The lowest BCUT2D eigenvalue weighted by molar-refractivity contribution is 0.657. The number of rotatable bonds is 7. The van der Waals surface area contributed by atoms with Gasteiger partial charge in [-0.05, 0) is 98.6 Å². The number of aromatic nitrogens is 1. The molecule has 0 amide bonds. The van der Waals surface area contributed by atoms with E-state index in [9.17, 15) is 0 Å². The van der Waals surface area contributed by atoms with Crippen LogP contribution in [0.5, 0.6) is 0 Å². The second-order valence-electron chi connectivity index (χ2n) is 16.1. The first-order valence-electron chi connectivity index (χ1n) is 20.5. The number of hydrogen-bond donors (Lipinski definition) is 0. The van der Waals surface area contributed by atoms with E-state index < -0.39 is 0 Å². The molecule has 280 valence electrons. The molecule has 0 atom stereocenters. The van der Waals surface area contributed by atoms with Gasteiger partial charge < -0.3 is 9.47 Å². The summed E-state index contributed by atoms with van der Waals surface area (Å²) in [6.07, 6.45) is 0. The fourth-order valence-corrected chi connectivity index (χ4v) is 9.58. The van der Waals surface area contributed by atoms with Crippen LogP contribution in [0.15, 0.2) is 218 Å². The molecule has 0 saturated heterocycles. The third kappa shape index (κ3) is 5.71. The van der Waals surface area contributed by atoms with Crippen molar-refractivity contribution in [3.05, 3.63) is 230 Å². The van der Waals surface area contributed by atoms with Crippen molar-refractivity contribution >= 4 is 38.9 Å². The van der Waals surface area contributed by atoms with Crippen LogP contribution in [0.25, 0.3) is 72.0 Å². The Morgan fingerprint density at radius 1 is 0.339 bits per heavy atom. The van der Waals surface area contributed by atoms with Crippen LogP contribution in [0, 0.1) is 0 Å². The molecule has 0 radical (unpaired) electrons. The van der Waals surface area contributed by atoms with Gasteiger partial charge in [0.2, 0.25) is 0 Å². The lowest BCUT2D eigenvalue weighted by atomic mass is 9.80. The molecule has 9 aromatic carbocycles. The van der Waals surface area contributed by atoms with Gasteiger partial charge in [-0.25, -0.2) is 0 Å². The summed E-state index contributed by atoms with van der Waals surface area (Å²) in [5.74, 6) is 0. The molecule has 59 heavy (non-hydrogen) atoms. The largest absolute Gasteiger partial charge is 0.311 e. The Balaban J connectivity index is 1.08. The SMILES string of the molecule is CC1(C)c2ccccc2-c2ccc(-c3ccc(N(c4ccc(-c5ccccc5)cc4)c4ccc(-c5ccccc5)cc4)cc3)c(-n3c4ccccc4c4ccccc43)c21. The smallest absolute Gasteiger partial charge is 0.0587 e. The van der Waals surface area contributed by atoms with E-state index in [-0.39, 0.29) is 5.41 Å². The monoisotopic (exact) mass is 754 g/mol. The van der Waals surface area contributed by atoms with Gasteiger partial charge >= 0.3 is 0 Å². The minimum Gasteiger partial charge on any atom is -0.311 e. The van der Waals surface area contributed by atoms with Gasteiger partial charge in [-0.2, -0.15) is 0 Å². The molecule has 11 rings (SSSR count). The molecule has 0 fully saturated rings. The quantitative estimate of drug-likeness (QED) is 0.157. The van der Waals surface area contributed by atoms with E-state index in [1.165, 1.54) is 83.1 Å². The first-order valence-corrected chi connectivity index (χ1v) is 20.5. The van der Waals surface area contributed by atoms with E-state index in [1.54, 1.807) is 0 Å². The van der Waals surface area contributed by atoms with E-state index in [1.807, 2.05) is 0 Å². The van der Waals surface area contributed by atoms with Gasteiger partial charge in [0, 0.05) is 38.8 Å². The molecular weight excluding hydrogens is 713 g/mol. The van der Waals surface area contributed by atoms with Gasteiger partial charge in [0.1, 0.15) is 0 Å². The molecule has 1 aliphatic carbocycles. The van der Waals surface area contributed by atoms with Crippen molar-refractivity contribution in [1.82, 2.24) is 4.57 Å². The van der Waals surface area contributed by atoms with E-state index in [0.29, 0.717) is 0 Å². The maximum Gasteiger partial charge on any atom is 0.0587 e. The summed E-state index contributed by atoms with van der Waals surface area (Å²) in [5.41, 5.74) is 19.4. The summed E-state index contributed by atoms with van der Waals surface area (Å²) in [6, 6.07) is 79.7. The number of nitrogens with zero attached hydrogens (tertiary/aromatic N) is 2. The minimum atomic E-state index is -0.210. The van der Waals surface area contributed by atoms with Crippen LogP contribution in [-0.4, -0.2) is 4.57 Å². The number of benzene rings is 9. The van der Waals surface area contributed by atoms with Gasteiger partial charge in [0.25, 0.3) is 0 Å². The number of para-hydroxylation sites is 2. The highest BCUT2D eigenvalue weighted by molar-refractivity contribution is 6.10. The average molecular weight is 755 g/mol. The van der Waals surface area contributed by atoms with Crippen LogP contribution in [-0.2, 0) is 5.41 Å². The Hall–Kier alpha value is -7.42. The van der Waals surface area contributed by atoms with Crippen LogP contribution in [0.3, 0.4) is 0 Å². The van der Waals surface area contributed by atoms with Crippen LogP contribution in [0.2, 0.25) is 0 Å². The van der Waals surface area contributed by atoms with Crippen molar-refractivity contribution < 1.29 is 0 Å². The summed E-state index contributed by atoms with van der Waals surface area (Å²) >= 11 is 0. The number of fused-ring (bicyclic) bond motifs is 6. The first kappa shape index (κ1) is 34.8. The Labute approximate surface area is 345 Å². The standard InChI is InChI=1S/C57H42N2/c1-57(2)52-22-12-9-19-48(52)51-38-37-47(56(55(51)57)59-53-23-13-10-20-49(53)50-21-11-14-24-54(50)59)43-29-35-46(36-30-43)58(44-31-25-41(26-32-44)39-15-5-3-6-16-39)45-33-27-42(28-34-45)40-17-7-4-8-18-40/h3-38H,1-2H3. The zero-order chi connectivity index (χ0) is 39.5. The lowest BCUT2D eigenvalue weighted by Gasteiger charge is -2.28. The van der Waals surface area contributed by atoms with E-state index in [4.69, 9.17) is 0 Å². The highest BCUT2D eigenvalue weighted by atomic mass is 15.1. The van der Waals surface area contributed by atoms with Crippen LogP contribution in [0.1, 0.15) is 25.0 Å². The summed E-state index contributed by atoms with van der Waals surface area (Å²) < 4.78 is 2.54. The molecular formula is C57H42N2. The fraction of sp³-hybridized carbons (Fsp3) is 0.0526. The predicted octanol–water partition coefficient (Wildman–Crippen LogP) is 15.6. The first-order chi connectivity index (χ1) is 29.0. The number of hydrogen-bond acceptors (Lipinski definition) is 1. The summed E-state index contributed by atoms with van der Waals surface area (Å²) in [6.45, 7) is 4.79. The molecule has 0 spiro atoms. The molecule has 0 bridgehead atoms. The van der Waals surface area contributed by atoms with E-state index in [2.05, 4.69) is 242 Å². The molecule has 0 saturated carbocycles. The fourth-order valence-electron chi connectivity index (χ4n) is 9.58. The summed E-state index contributed by atoms with van der Waals surface area (Å²) in [4.78, 5) is 2.36. The second-order valence-corrected chi connectivity index (χ2v) is 16.1. The minimum absolute atomic E-state index is 0.210. The highest BCUT2D eigenvalue weighted by Gasteiger charge is 2.39. The Morgan fingerprint density at radius 2 is 0.746 bits per heavy atom. The molecule has 10 aromatic rings. The molecule has 1 heterocycles. The van der Waals surface area contributed by atoms with Gasteiger partial charge in [0.05, 0.1) is 16.7 Å². The maximum atomic E-state index is 2.54. The van der Waals surface area contributed by atoms with E-state index >= 15 is 0 Å². The van der Waals surface area contributed by atoms with Crippen molar-refractivity contribution in [3.8, 4) is 50.2 Å². The van der Waals surface area contributed by atoms with Crippen LogP contribution in [0.4, 0.5) is 17.1 Å². The van der Waals surface area contributed by atoms with Gasteiger partial charge in [-0.1, -0.05) is 184 Å². The maximum absolute atomic E-state index is 2.54. The summed E-state index contributed by atoms with van der Waals surface area (Å²) in [5, 5.41) is 2.53. The van der Waals surface area contributed by atoms with Gasteiger partial charge in [-0.3, -0.25) is 0 Å². The Morgan fingerprint density at radius 3 is 1.27 bits per heavy atom. The molecule has 2 nitrogen and oxygen atoms in total. The predicted molar refractivity (Wildman–Crippen MR) is 249 cm³/mol. The highest BCUT2D eigenvalue weighted by Crippen LogP contribution is 2.54. The van der Waals surface area contributed by atoms with Crippen molar-refractivity contribution in [2.45, 2.75) is 19.3 Å². The summed E-state index contributed by atoms with van der Waals surface area (Å²) in [7, 11) is 0. The molecule has 1 aliphatic rings. The molecule has 0 aliphatic heterocycles. The molecule has 0 N–H and O–H groups in total. The number of anilines is 3. The van der Waals surface area contributed by atoms with Crippen molar-refractivity contribution in [1.29, 1.82) is 0 Å². The Bertz CT molecular complexity index is 3000. The van der Waals surface area contributed by atoms with Crippen LogP contribution >= 0.6 is 0 Å². The molecule has 0 unspecified atom stereocenters. The van der Waals surface area contributed by atoms with Gasteiger partial charge in [-0.15, -0.1) is 0 Å². The second kappa shape index (κ2) is 13.9. The van der Waals surface area contributed by atoms with Crippen molar-refractivity contribution in [2.24, 2.45) is 0 Å². The van der Waals surface area contributed by atoms with Crippen molar-refractivity contribution in [2.75, 3.05) is 4.90 Å². The zero-order valence-electron chi connectivity index (χ0n) is 33.2. The third-order valence-corrected chi connectivity index (χ3v) is 12.4. The lowest BCUT2D eigenvalue weighted by Crippen LogP contribution is -2.18. The van der Waals surface area contributed by atoms with Gasteiger partial charge in [0.15, 0.2) is 0 Å².